The number of primary amides is 2. The van der Waals surface area contributed by atoms with Crippen LogP contribution < -0.4 is 76.1 Å². The van der Waals surface area contributed by atoms with E-state index in [0.717, 1.165) is 36.3 Å². The van der Waals surface area contributed by atoms with Crippen molar-refractivity contribution in [2.45, 2.75) is 215 Å². The molecule has 0 aliphatic carbocycles. The first-order chi connectivity index (χ1) is 63.3. The van der Waals surface area contributed by atoms with Gasteiger partial charge in [-0.2, -0.15) is 0 Å². The average Bonchev–Trinajstić information content (AvgIpc) is 1.76. The number of carboxylic acids is 1. The predicted molar refractivity (Wildman–Crippen MR) is 484 cm³/mol. The number of aromatic hydroxyl groups is 1. The van der Waals surface area contributed by atoms with E-state index in [2.05, 4.69) is 73.1 Å². The Hall–Kier alpha value is -13.6. The molecule has 24 N–H and O–H groups in total. The number of benzene rings is 3. The monoisotopic (exact) mass is 1870 g/mol. The molecule has 6 aromatic rings. The number of carbonyl (C=O) groups is 18. The van der Waals surface area contributed by atoms with Gasteiger partial charge in [-0.1, -0.05) is 88.6 Å². The molecule has 0 spiro atoms. The minimum atomic E-state index is -1.84. The van der Waals surface area contributed by atoms with Crippen LogP contribution in [0.15, 0.2) is 97.7 Å². The Kier molecular flexibility index (Phi) is 37.7. The summed E-state index contributed by atoms with van der Waals surface area (Å²) in [7, 11) is 3.88. The number of aliphatic hydroxyl groups is 1. The lowest BCUT2D eigenvalue weighted by molar-refractivity contribution is -0.151. The van der Waals surface area contributed by atoms with Crippen molar-refractivity contribution in [2.24, 2.45) is 28.9 Å². The molecular formula is C88H121N23O21S. The Labute approximate surface area is 770 Å². The second-order valence-electron chi connectivity index (χ2n) is 33.6. The van der Waals surface area contributed by atoms with Crippen LogP contribution in [0.3, 0.4) is 0 Å². The zero-order valence-corrected chi connectivity index (χ0v) is 75.9. The maximum Gasteiger partial charge on any atom is 0.303 e. The normalized spacial score (nSPS) is 25.2. The number of unbranched alkanes of at least 4 members (excludes halogenated alkanes) is 1. The van der Waals surface area contributed by atoms with E-state index in [4.69, 9.17) is 22.9 Å². The minimum Gasteiger partial charge on any atom is -0.508 e. The molecule has 3 aromatic carbocycles. The maximum absolute atomic E-state index is 15.8. The van der Waals surface area contributed by atoms with Gasteiger partial charge in [-0.25, -0.2) is 4.98 Å². The SMILES string of the molecule is CCCC[C@H]1C(=O)N[C@@H](CN)C(=O)N[C@H](C(=O)NCC(N)=O)CSCC(=O)N[C@@H](Cc2ccc(O)cc2)C(=O)N(C)[C@@H](C)C(=O)N[C@@H](CC(N)=O)C(=O)N2CCC[C@H]2C(=O)N[C@@H](Cc2c[nH]cn2)C(=O)N[C@@H](CCC(=O)O)C(=O)N2C[C@H](O)C[C@H]2C(=O)N[C@@H](Cc2c[nH]c3ccccc23)C(=O)N[C@@H](CCN)C(=O)N[C@@H](Cc2c[nH]c3ccccc23)C(=O)N(C)[C@@H](C(C)CC)C(=O)N1C. The number of aliphatic carboxylic acids is 1. The Morgan fingerprint density at radius 2 is 1.13 bits per heavy atom. The molecule has 3 fully saturated rings. The van der Waals surface area contributed by atoms with Crippen LogP contribution in [0.1, 0.15) is 121 Å². The number of amides is 17. The van der Waals surface area contributed by atoms with Gasteiger partial charge in [0.25, 0.3) is 0 Å². The van der Waals surface area contributed by atoms with E-state index in [0.29, 0.717) is 51.3 Å². The summed E-state index contributed by atoms with van der Waals surface area (Å²) in [6, 6.07) is -2.84. The van der Waals surface area contributed by atoms with Crippen LogP contribution in [0, 0.1) is 5.92 Å². The largest absolute Gasteiger partial charge is 0.508 e. The number of fused-ring (bicyclic) bond motifs is 4. The number of carbonyl (C=O) groups excluding carboxylic acids is 17. The third-order valence-corrected chi connectivity index (χ3v) is 25.1. The van der Waals surface area contributed by atoms with Crippen LogP contribution in [0.4, 0.5) is 0 Å². The predicted octanol–water partition coefficient (Wildman–Crippen LogP) is -4.20. The van der Waals surface area contributed by atoms with E-state index in [1.807, 2.05) is 6.92 Å². The van der Waals surface area contributed by atoms with Gasteiger partial charge in [0, 0.05) is 125 Å². The highest BCUT2D eigenvalue weighted by Crippen LogP contribution is 2.28. The van der Waals surface area contributed by atoms with Crippen LogP contribution in [0.5, 0.6) is 5.75 Å². The number of phenols is 1. The summed E-state index contributed by atoms with van der Waals surface area (Å²) in [5.74, 6) is -19.9. The van der Waals surface area contributed by atoms with Crippen molar-refractivity contribution in [3.05, 3.63) is 120 Å². The molecule has 3 aromatic heterocycles. The molecule has 45 heteroatoms. The number of imidazole rings is 1. The Morgan fingerprint density at radius 3 is 1.72 bits per heavy atom. The smallest absolute Gasteiger partial charge is 0.303 e. The molecule has 3 aliphatic rings. The number of aromatic nitrogens is 4. The number of nitrogens with zero attached hydrogens (tertiary/aromatic N) is 6. The number of hydrogen-bond acceptors (Lipinski definition) is 24. The van der Waals surface area contributed by atoms with Crippen molar-refractivity contribution in [1.82, 2.24) is 97.6 Å². The second-order valence-corrected chi connectivity index (χ2v) is 34.6. The fraction of sp³-hybridized carbons (Fsp3) is 0.511. The van der Waals surface area contributed by atoms with Crippen molar-refractivity contribution >= 4 is 140 Å². The molecule has 3 saturated heterocycles. The Balaban J connectivity index is 1.10. The number of phenolic OH excluding ortho intramolecular Hbond substituents is 1. The standard InChI is InChI=1S/C88H121N23O21S/c1-8-10-20-67-81(125)105-65(37-90)80(124)106-66(76(120)96-41-71(92)115)43-133-44-72(116)98-62(31-48-22-24-52(112)25-23-48)84(128)107(5)47(4)75(119)103-64(36-70(91)114)87(131)110-30-15-21-68(110)82(126)102-61(34-51-40-93-45-97-51)79(123)100-59(26-27-73(117)118)86(130)111-42-53(113)35-69(111)83(127)101-60(32-49-38-94-56-18-13-11-16-54(49)56)78(122)99-58(28-29-89)77(121)104-63(33-50-39-95-57-19-14-12-17-55(50)57)85(129)109(7)74(46(3)9-2)88(132)108(67)6/h11-14,16-19,22-25,38-40,45-47,53,58-69,74,94-95,112-113H,8-10,15,20-21,26-37,41-44,89-90H2,1-7H3,(H2,91,114)(H2,92,115)(H,93,97)(H,96,120)(H,98,116)(H,99,122)(H,100,123)(H,101,127)(H,102,126)(H,103,119)(H,104,121)(H,105,125)(H,106,124)(H,117,118)/t46?,47-,53+,58-,59-,60-,61-,62-,63-,64-,65-,66-,67-,68-,69-,74-/m0/s1. The van der Waals surface area contributed by atoms with E-state index in [1.165, 1.54) is 64.9 Å². The third-order valence-electron chi connectivity index (χ3n) is 24.0. The first-order valence-electron chi connectivity index (χ1n) is 44.1. The van der Waals surface area contributed by atoms with Gasteiger partial charge in [-0.05, 0) is 92.4 Å². The Bertz CT molecular complexity index is 5190. The van der Waals surface area contributed by atoms with Gasteiger partial charge < -0.3 is 131 Å². The zero-order chi connectivity index (χ0) is 97.2. The number of aromatic amines is 3. The molecule has 1 unspecified atom stereocenters. The van der Waals surface area contributed by atoms with Gasteiger partial charge >= 0.3 is 5.97 Å². The fourth-order valence-electron chi connectivity index (χ4n) is 16.4. The fourth-order valence-corrected chi connectivity index (χ4v) is 17.2. The molecule has 17 amide bonds. The summed E-state index contributed by atoms with van der Waals surface area (Å²) in [6.07, 6.45) is 1.19. The molecule has 0 bridgehead atoms. The van der Waals surface area contributed by atoms with E-state index >= 15 is 33.6 Å². The van der Waals surface area contributed by atoms with Gasteiger partial charge in [-0.3, -0.25) is 86.3 Å². The number of hydrogen-bond donors (Lipinski definition) is 20. The number of rotatable bonds is 24. The summed E-state index contributed by atoms with van der Waals surface area (Å²) in [4.78, 5) is 280. The molecule has 0 saturated carbocycles. The number of likely N-dealkylation sites (N-methyl/N-ethyl adjacent to an activating group) is 3. The number of nitrogens with one attached hydrogen (secondary N) is 13. The van der Waals surface area contributed by atoms with E-state index < -0.39 is 266 Å². The summed E-state index contributed by atoms with van der Waals surface area (Å²) in [5.41, 5.74) is 26.3. The number of H-pyrrole nitrogens is 3. The summed E-state index contributed by atoms with van der Waals surface area (Å²) in [5, 5.41) is 59.0. The third kappa shape index (κ3) is 27.8. The second kappa shape index (κ2) is 48.5. The molecule has 6 heterocycles. The van der Waals surface area contributed by atoms with Crippen LogP contribution in [0.25, 0.3) is 21.8 Å². The van der Waals surface area contributed by atoms with Crippen LogP contribution >= 0.6 is 11.8 Å². The van der Waals surface area contributed by atoms with Gasteiger partial charge in [0.05, 0.1) is 36.8 Å². The molecule has 16 atom stereocenters. The number of thioether (sulfide) groups is 1. The van der Waals surface area contributed by atoms with Crippen molar-refractivity contribution in [2.75, 3.05) is 65.4 Å². The highest BCUT2D eigenvalue weighted by molar-refractivity contribution is 8.00. The average molecular weight is 1870 g/mol. The zero-order valence-electron chi connectivity index (χ0n) is 75.1. The summed E-state index contributed by atoms with van der Waals surface area (Å²) >= 11 is 0.748. The first-order valence-corrected chi connectivity index (χ1v) is 45.2. The molecule has 0 radical (unpaired) electrons. The van der Waals surface area contributed by atoms with E-state index in [1.54, 1.807) is 74.8 Å². The first kappa shape index (κ1) is 103. The number of para-hydroxylation sites is 2. The van der Waals surface area contributed by atoms with Crippen molar-refractivity contribution in [1.29, 1.82) is 0 Å². The van der Waals surface area contributed by atoms with Crippen LogP contribution in [-0.2, 0) is 112 Å². The van der Waals surface area contributed by atoms with Gasteiger partial charge in [-0.15, -0.1) is 11.8 Å². The molecule has 3 aliphatic heterocycles. The quantitative estimate of drug-likeness (QED) is 0.0273. The van der Waals surface area contributed by atoms with Gasteiger partial charge in [0.2, 0.25) is 100 Å². The lowest BCUT2D eigenvalue weighted by Crippen LogP contribution is -2.62. The molecule has 720 valence electrons. The van der Waals surface area contributed by atoms with Crippen molar-refractivity contribution < 1.29 is 102 Å². The molecular weight excluding hydrogens is 1750 g/mol. The van der Waals surface area contributed by atoms with Crippen LogP contribution in [-0.4, -0.2) is 322 Å². The lowest BCUT2D eigenvalue weighted by Gasteiger charge is -2.38. The maximum atomic E-state index is 15.8. The number of aliphatic hydroxyl groups excluding tert-OH is 1. The molecule has 133 heavy (non-hydrogen) atoms. The van der Waals surface area contributed by atoms with Crippen molar-refractivity contribution in [3.63, 3.8) is 0 Å². The highest BCUT2D eigenvalue weighted by Gasteiger charge is 2.47. The van der Waals surface area contributed by atoms with Crippen LogP contribution in [0.2, 0.25) is 0 Å². The number of nitrogens with two attached hydrogens (primary N) is 4. The van der Waals surface area contributed by atoms with Crippen molar-refractivity contribution in [3.8, 4) is 5.75 Å². The Morgan fingerprint density at radius 1 is 0.571 bits per heavy atom. The molecule has 44 nitrogen and oxygen atoms in total. The summed E-state index contributed by atoms with van der Waals surface area (Å²) < 4.78 is 0. The van der Waals surface area contributed by atoms with E-state index in [-0.39, 0.29) is 75.9 Å². The van der Waals surface area contributed by atoms with Gasteiger partial charge in [0.15, 0.2) is 0 Å². The molecule has 9 rings (SSSR count). The number of carboxylic acid groups (broad SMARTS) is 1. The van der Waals surface area contributed by atoms with E-state index in [9.17, 15) is 68.1 Å². The summed E-state index contributed by atoms with van der Waals surface area (Å²) in [6.45, 7) is 4.18. The minimum absolute atomic E-state index is 0.0191. The van der Waals surface area contributed by atoms with Gasteiger partial charge in [0.1, 0.15) is 90.3 Å². The highest BCUT2D eigenvalue weighted by atomic mass is 32.2. The topological polar surface area (TPSA) is 669 Å². The lowest BCUT2D eigenvalue weighted by atomic mass is 9.94.